The van der Waals surface area contributed by atoms with Gasteiger partial charge in [-0.25, -0.2) is 0 Å². The Bertz CT molecular complexity index is 342. The van der Waals surface area contributed by atoms with E-state index < -0.39 is 5.97 Å². The fraction of sp³-hybridized carbons (Fsp3) is 0.857. The van der Waals surface area contributed by atoms with Crippen molar-refractivity contribution < 1.29 is 14.7 Å². The van der Waals surface area contributed by atoms with Crippen molar-refractivity contribution in [3.05, 3.63) is 0 Å². The molecule has 0 aliphatic carbocycles. The predicted octanol–water partition coefficient (Wildman–Crippen LogP) is 1.43. The number of hydrogen-bond donors (Lipinski definition) is 1. The minimum absolute atomic E-state index is 0.0478. The van der Waals surface area contributed by atoms with Crippen LogP contribution in [0.25, 0.3) is 0 Å². The highest BCUT2D eigenvalue weighted by molar-refractivity contribution is 5.76. The molecule has 1 aliphatic heterocycles. The lowest BCUT2D eigenvalue weighted by Gasteiger charge is -2.35. The minimum Gasteiger partial charge on any atom is -0.481 e. The van der Waals surface area contributed by atoms with Gasteiger partial charge in [0.15, 0.2) is 0 Å². The van der Waals surface area contributed by atoms with E-state index in [1.54, 1.807) is 4.90 Å². The van der Waals surface area contributed by atoms with Gasteiger partial charge in [-0.2, -0.15) is 0 Å². The summed E-state index contributed by atoms with van der Waals surface area (Å²) in [4.78, 5) is 26.4. The Hall–Kier alpha value is -1.10. The van der Waals surface area contributed by atoms with E-state index in [1.807, 2.05) is 7.05 Å². The van der Waals surface area contributed by atoms with Crippen LogP contribution in [0.2, 0.25) is 0 Å². The molecule has 1 saturated heterocycles. The van der Waals surface area contributed by atoms with Gasteiger partial charge < -0.3 is 14.9 Å². The number of carboxylic acids is 1. The summed E-state index contributed by atoms with van der Waals surface area (Å²) in [5.41, 5.74) is 0.121. The van der Waals surface area contributed by atoms with Gasteiger partial charge in [-0.3, -0.25) is 9.59 Å². The van der Waals surface area contributed by atoms with Crippen molar-refractivity contribution in [2.24, 2.45) is 5.92 Å². The Balaban J connectivity index is 2.40. The lowest BCUT2D eigenvalue weighted by Crippen LogP contribution is -2.44. The van der Waals surface area contributed by atoms with Gasteiger partial charge in [0.2, 0.25) is 5.91 Å². The van der Waals surface area contributed by atoms with Crippen molar-refractivity contribution in [3.8, 4) is 0 Å². The Kier molecular flexibility index (Phi) is 5.35. The number of likely N-dealkylation sites (tertiary alicyclic amines) is 1. The number of aliphatic carboxylic acids is 1. The monoisotopic (exact) mass is 270 g/mol. The van der Waals surface area contributed by atoms with Gasteiger partial charge in [-0.15, -0.1) is 0 Å². The van der Waals surface area contributed by atoms with Crippen molar-refractivity contribution in [1.29, 1.82) is 0 Å². The van der Waals surface area contributed by atoms with Crippen LogP contribution in [0.4, 0.5) is 0 Å². The first-order valence-electron chi connectivity index (χ1n) is 6.92. The summed E-state index contributed by atoms with van der Waals surface area (Å²) in [6, 6.07) is 0. The van der Waals surface area contributed by atoms with Gasteiger partial charge in [-0.1, -0.05) is 0 Å². The second-order valence-corrected chi connectivity index (χ2v) is 6.08. The highest BCUT2D eigenvalue weighted by Gasteiger charge is 2.39. The second-order valence-electron chi connectivity index (χ2n) is 6.08. The van der Waals surface area contributed by atoms with Crippen molar-refractivity contribution in [3.63, 3.8) is 0 Å². The molecule has 1 amide bonds. The first kappa shape index (κ1) is 16.0. The Morgan fingerprint density at radius 1 is 1.37 bits per heavy atom. The molecule has 1 aliphatic rings. The molecule has 1 rings (SSSR count). The Morgan fingerprint density at radius 2 is 2.00 bits per heavy atom. The lowest BCUT2D eigenvalue weighted by molar-refractivity contribution is -0.137. The van der Waals surface area contributed by atoms with Crippen LogP contribution in [0.3, 0.4) is 0 Å². The van der Waals surface area contributed by atoms with Crippen molar-refractivity contribution in [2.75, 3.05) is 27.2 Å². The standard InChI is InChI=1S/C14H26N2O3/c1-14(2)11(8-9-16(14)4)10-15(3)12(17)6-5-7-13(18)19/h11H,5-10H2,1-4H3,(H,18,19)/t11-/m1/s1. The zero-order chi connectivity index (χ0) is 14.6. The van der Waals surface area contributed by atoms with E-state index in [2.05, 4.69) is 25.8 Å². The predicted molar refractivity (Wildman–Crippen MR) is 73.9 cm³/mol. The van der Waals surface area contributed by atoms with Crippen LogP contribution in [0.1, 0.15) is 39.5 Å². The van der Waals surface area contributed by atoms with Gasteiger partial charge in [-0.05, 0) is 46.2 Å². The van der Waals surface area contributed by atoms with E-state index in [9.17, 15) is 9.59 Å². The van der Waals surface area contributed by atoms with Crippen LogP contribution >= 0.6 is 0 Å². The largest absolute Gasteiger partial charge is 0.481 e. The molecule has 110 valence electrons. The molecule has 5 nitrogen and oxygen atoms in total. The van der Waals surface area contributed by atoms with Gasteiger partial charge in [0, 0.05) is 32.0 Å². The molecule has 0 spiro atoms. The number of rotatable bonds is 6. The first-order valence-corrected chi connectivity index (χ1v) is 6.92. The van der Waals surface area contributed by atoms with Crippen LogP contribution in [-0.2, 0) is 9.59 Å². The summed E-state index contributed by atoms with van der Waals surface area (Å²) >= 11 is 0. The minimum atomic E-state index is -0.839. The van der Waals surface area contributed by atoms with E-state index in [1.165, 1.54) is 0 Å². The average molecular weight is 270 g/mol. The van der Waals surface area contributed by atoms with Crippen LogP contribution in [0.5, 0.6) is 0 Å². The smallest absolute Gasteiger partial charge is 0.303 e. The van der Waals surface area contributed by atoms with E-state index in [0.29, 0.717) is 18.8 Å². The molecule has 0 radical (unpaired) electrons. The molecule has 1 N–H and O–H groups in total. The summed E-state index contributed by atoms with van der Waals surface area (Å²) in [5.74, 6) is -0.313. The second kappa shape index (κ2) is 6.37. The topological polar surface area (TPSA) is 60.9 Å². The van der Waals surface area contributed by atoms with E-state index in [-0.39, 0.29) is 17.9 Å². The summed E-state index contributed by atoms with van der Waals surface area (Å²) < 4.78 is 0. The molecule has 1 fully saturated rings. The molecular weight excluding hydrogens is 244 g/mol. The molecular formula is C14H26N2O3. The number of carbonyl (C=O) groups is 2. The van der Waals surface area contributed by atoms with Gasteiger partial charge in [0.25, 0.3) is 0 Å². The molecule has 0 aromatic rings. The molecule has 0 saturated carbocycles. The maximum atomic E-state index is 11.9. The molecule has 1 heterocycles. The summed E-state index contributed by atoms with van der Waals surface area (Å²) in [7, 11) is 3.94. The molecule has 0 aromatic heterocycles. The molecule has 0 bridgehead atoms. The summed E-state index contributed by atoms with van der Waals surface area (Å²) in [6.45, 7) is 6.25. The van der Waals surface area contributed by atoms with Gasteiger partial charge >= 0.3 is 5.97 Å². The van der Waals surface area contributed by atoms with Gasteiger partial charge in [0.1, 0.15) is 0 Å². The third kappa shape index (κ3) is 4.20. The number of carbonyl (C=O) groups excluding carboxylic acids is 1. The van der Waals surface area contributed by atoms with E-state index in [4.69, 9.17) is 5.11 Å². The normalized spacial score (nSPS) is 22.4. The first-order chi connectivity index (χ1) is 8.75. The number of hydrogen-bond acceptors (Lipinski definition) is 3. The quantitative estimate of drug-likeness (QED) is 0.793. The lowest BCUT2D eigenvalue weighted by atomic mass is 9.88. The van der Waals surface area contributed by atoms with Crippen LogP contribution in [0, 0.1) is 5.92 Å². The maximum Gasteiger partial charge on any atom is 0.303 e. The highest BCUT2D eigenvalue weighted by atomic mass is 16.4. The maximum absolute atomic E-state index is 11.9. The van der Waals surface area contributed by atoms with Crippen LogP contribution < -0.4 is 0 Å². The van der Waals surface area contributed by atoms with E-state index in [0.717, 1.165) is 19.5 Å². The molecule has 5 heteroatoms. The summed E-state index contributed by atoms with van der Waals surface area (Å²) in [6.07, 6.45) is 1.92. The highest BCUT2D eigenvalue weighted by Crippen LogP contribution is 2.33. The van der Waals surface area contributed by atoms with Crippen molar-refractivity contribution in [2.45, 2.75) is 45.1 Å². The SMILES string of the molecule is CN(C[C@H]1CCN(C)C1(C)C)C(=O)CCCC(=O)O. The third-order valence-corrected chi connectivity index (χ3v) is 4.50. The molecule has 19 heavy (non-hydrogen) atoms. The number of amides is 1. The number of carboxylic acid groups (broad SMARTS) is 1. The zero-order valence-electron chi connectivity index (χ0n) is 12.5. The van der Waals surface area contributed by atoms with Crippen LogP contribution in [0.15, 0.2) is 0 Å². The van der Waals surface area contributed by atoms with Crippen molar-refractivity contribution in [1.82, 2.24) is 9.80 Å². The van der Waals surface area contributed by atoms with E-state index >= 15 is 0 Å². The fourth-order valence-electron chi connectivity index (χ4n) is 2.63. The summed E-state index contributed by atoms with van der Waals surface area (Å²) in [5, 5.41) is 8.56. The fourth-order valence-corrected chi connectivity index (χ4v) is 2.63. The zero-order valence-corrected chi connectivity index (χ0v) is 12.5. The average Bonchev–Trinajstić information content (AvgIpc) is 2.55. The molecule has 0 aromatic carbocycles. The Labute approximate surface area is 115 Å². The Morgan fingerprint density at radius 3 is 2.47 bits per heavy atom. The molecule has 1 atom stereocenters. The molecule has 0 unspecified atom stereocenters. The third-order valence-electron chi connectivity index (χ3n) is 4.50. The number of nitrogens with zero attached hydrogens (tertiary/aromatic N) is 2. The van der Waals surface area contributed by atoms with Gasteiger partial charge in [0.05, 0.1) is 0 Å². The van der Waals surface area contributed by atoms with Crippen molar-refractivity contribution >= 4 is 11.9 Å². The van der Waals surface area contributed by atoms with Crippen LogP contribution in [-0.4, -0.2) is 59.5 Å².